The molecule has 0 spiro atoms. The summed E-state index contributed by atoms with van der Waals surface area (Å²) in [7, 11) is -4.26. The van der Waals surface area contributed by atoms with Gasteiger partial charge in [-0.05, 0) is 31.2 Å². The van der Waals surface area contributed by atoms with Crippen LogP contribution in [0.4, 0.5) is 8.78 Å². The molecule has 0 saturated heterocycles. The van der Waals surface area contributed by atoms with Crippen molar-refractivity contribution in [3.05, 3.63) is 64.7 Å². The van der Waals surface area contributed by atoms with Crippen molar-refractivity contribution in [3.63, 3.8) is 0 Å². The van der Waals surface area contributed by atoms with E-state index in [1.54, 1.807) is 0 Å². The first-order chi connectivity index (χ1) is 11.7. The minimum Gasteiger partial charge on any atom is -0.459 e. The average molecular weight is 390 g/mol. The fourth-order valence-electron chi connectivity index (χ4n) is 1.95. The zero-order valence-electron chi connectivity index (χ0n) is 13.0. The van der Waals surface area contributed by atoms with E-state index in [1.165, 1.54) is 31.2 Å². The molecule has 0 heterocycles. The van der Waals surface area contributed by atoms with Gasteiger partial charge in [0.05, 0.1) is 5.02 Å². The molecule has 2 rings (SSSR count). The normalized spacial score (nSPS) is 12.6. The van der Waals surface area contributed by atoms with Gasteiger partial charge in [0.15, 0.2) is 0 Å². The summed E-state index contributed by atoms with van der Waals surface area (Å²) in [6.45, 7) is 0.764. The van der Waals surface area contributed by atoms with Gasteiger partial charge in [-0.25, -0.2) is 17.2 Å². The van der Waals surface area contributed by atoms with E-state index in [-0.39, 0.29) is 10.6 Å². The number of sulfonamides is 1. The van der Waals surface area contributed by atoms with E-state index in [4.69, 9.17) is 16.3 Å². The Hall–Kier alpha value is -2.03. The predicted octanol–water partition coefficient (Wildman–Crippen LogP) is 3.03. The molecule has 0 aliphatic carbocycles. The minimum atomic E-state index is -4.26. The van der Waals surface area contributed by atoms with Gasteiger partial charge in [-0.1, -0.05) is 29.8 Å². The van der Waals surface area contributed by atoms with Crippen LogP contribution in [0.1, 0.15) is 12.5 Å². The lowest BCUT2D eigenvalue weighted by atomic mass is 10.2. The Morgan fingerprint density at radius 1 is 1.16 bits per heavy atom. The van der Waals surface area contributed by atoms with Crippen molar-refractivity contribution in [2.45, 2.75) is 24.5 Å². The fourth-order valence-corrected chi connectivity index (χ4v) is 3.43. The van der Waals surface area contributed by atoms with Crippen LogP contribution >= 0.6 is 11.6 Å². The van der Waals surface area contributed by atoms with E-state index in [0.717, 1.165) is 18.2 Å². The van der Waals surface area contributed by atoms with Gasteiger partial charge in [0.2, 0.25) is 10.0 Å². The van der Waals surface area contributed by atoms with E-state index >= 15 is 0 Å². The number of hydrogen-bond acceptors (Lipinski definition) is 4. The molecule has 0 aliphatic heterocycles. The Balaban J connectivity index is 2.04. The van der Waals surface area contributed by atoms with E-state index in [2.05, 4.69) is 0 Å². The van der Waals surface area contributed by atoms with Crippen LogP contribution in [0.5, 0.6) is 0 Å². The largest absolute Gasteiger partial charge is 0.459 e. The molecular weight excluding hydrogens is 376 g/mol. The number of halogens is 3. The maximum atomic E-state index is 13.6. The van der Waals surface area contributed by atoms with Crippen molar-refractivity contribution in [3.8, 4) is 0 Å². The van der Waals surface area contributed by atoms with Gasteiger partial charge in [0.25, 0.3) is 0 Å². The number of carbonyl (C=O) groups excluding carboxylic acids is 1. The first kappa shape index (κ1) is 19.3. The van der Waals surface area contributed by atoms with Gasteiger partial charge >= 0.3 is 5.97 Å². The lowest BCUT2D eigenvalue weighted by Crippen LogP contribution is -2.39. The molecular formula is C16H14ClF2NO4S. The topological polar surface area (TPSA) is 72.5 Å². The Bertz CT molecular complexity index is 869. The summed E-state index contributed by atoms with van der Waals surface area (Å²) in [6.07, 6.45) is 0. The SMILES string of the molecule is C[C@H](NS(=O)(=O)c1ccccc1F)C(=O)OCc1c(F)cccc1Cl. The molecule has 0 aliphatic rings. The highest BCUT2D eigenvalue weighted by Gasteiger charge is 2.25. The van der Waals surface area contributed by atoms with Crippen LogP contribution < -0.4 is 4.72 Å². The van der Waals surface area contributed by atoms with Crippen LogP contribution in [0.2, 0.25) is 5.02 Å². The Morgan fingerprint density at radius 3 is 2.44 bits per heavy atom. The third-order valence-electron chi connectivity index (χ3n) is 3.23. The summed E-state index contributed by atoms with van der Waals surface area (Å²) in [5, 5.41) is 0.0763. The van der Waals surface area contributed by atoms with Crippen LogP contribution in [-0.2, 0) is 26.2 Å². The zero-order chi connectivity index (χ0) is 18.6. The van der Waals surface area contributed by atoms with Crippen molar-refractivity contribution in [1.82, 2.24) is 4.72 Å². The molecule has 0 aromatic heterocycles. The van der Waals surface area contributed by atoms with Crippen molar-refractivity contribution in [2.75, 3.05) is 0 Å². The summed E-state index contributed by atoms with van der Waals surface area (Å²) in [4.78, 5) is 11.3. The summed E-state index contributed by atoms with van der Waals surface area (Å²) < 4.78 is 58.3. The number of carbonyl (C=O) groups is 1. The quantitative estimate of drug-likeness (QED) is 0.771. The highest BCUT2D eigenvalue weighted by molar-refractivity contribution is 7.89. The molecule has 134 valence electrons. The highest BCUT2D eigenvalue weighted by Crippen LogP contribution is 2.20. The molecule has 0 fully saturated rings. The molecule has 0 unspecified atom stereocenters. The third kappa shape index (κ3) is 4.75. The second-order valence-corrected chi connectivity index (χ2v) is 7.17. The second kappa shape index (κ2) is 7.90. The van der Waals surface area contributed by atoms with Crippen molar-refractivity contribution < 1.29 is 26.7 Å². The Labute approximate surface area is 148 Å². The third-order valence-corrected chi connectivity index (χ3v) is 5.16. The van der Waals surface area contributed by atoms with E-state index in [0.29, 0.717) is 0 Å². The van der Waals surface area contributed by atoms with Crippen LogP contribution in [0, 0.1) is 11.6 Å². The molecule has 9 heteroatoms. The summed E-state index contributed by atoms with van der Waals surface area (Å²) in [5.41, 5.74) is -0.0262. The maximum absolute atomic E-state index is 13.6. The van der Waals surface area contributed by atoms with Gasteiger partial charge < -0.3 is 4.74 Å². The highest BCUT2D eigenvalue weighted by atomic mass is 35.5. The van der Waals surface area contributed by atoms with Crippen LogP contribution in [-0.4, -0.2) is 20.4 Å². The molecule has 1 atom stereocenters. The first-order valence-electron chi connectivity index (χ1n) is 7.09. The molecule has 0 radical (unpaired) electrons. The number of esters is 1. The maximum Gasteiger partial charge on any atom is 0.324 e. The Kier molecular flexibility index (Phi) is 6.10. The predicted molar refractivity (Wildman–Crippen MR) is 87.4 cm³/mol. The van der Waals surface area contributed by atoms with Gasteiger partial charge in [-0.3, -0.25) is 4.79 Å². The van der Waals surface area contributed by atoms with Crippen molar-refractivity contribution in [2.24, 2.45) is 0 Å². The molecule has 0 saturated carbocycles. The first-order valence-corrected chi connectivity index (χ1v) is 8.95. The second-order valence-electron chi connectivity index (χ2n) is 5.08. The molecule has 0 amide bonds. The van der Waals surface area contributed by atoms with Crippen molar-refractivity contribution >= 4 is 27.6 Å². The Morgan fingerprint density at radius 2 is 1.80 bits per heavy atom. The number of rotatable bonds is 6. The monoisotopic (exact) mass is 389 g/mol. The molecule has 0 bridgehead atoms. The number of benzene rings is 2. The lowest BCUT2D eigenvalue weighted by Gasteiger charge is -2.14. The molecule has 25 heavy (non-hydrogen) atoms. The van der Waals surface area contributed by atoms with Crippen LogP contribution in [0.3, 0.4) is 0 Å². The van der Waals surface area contributed by atoms with Gasteiger partial charge in [-0.15, -0.1) is 0 Å². The minimum absolute atomic E-state index is 0.0262. The molecule has 2 aromatic carbocycles. The lowest BCUT2D eigenvalue weighted by molar-refractivity contribution is -0.146. The van der Waals surface area contributed by atoms with Crippen LogP contribution in [0.25, 0.3) is 0 Å². The van der Waals surface area contributed by atoms with Crippen molar-refractivity contribution in [1.29, 1.82) is 0 Å². The zero-order valence-corrected chi connectivity index (χ0v) is 14.6. The van der Waals surface area contributed by atoms with E-state index < -0.39 is 45.2 Å². The molecule has 1 N–H and O–H groups in total. The fraction of sp³-hybridized carbons (Fsp3) is 0.188. The molecule has 5 nitrogen and oxygen atoms in total. The van der Waals surface area contributed by atoms with Crippen LogP contribution in [0.15, 0.2) is 47.4 Å². The van der Waals surface area contributed by atoms with Gasteiger partial charge in [0, 0.05) is 5.56 Å². The number of hydrogen-bond donors (Lipinski definition) is 1. The average Bonchev–Trinajstić information content (AvgIpc) is 2.54. The van der Waals surface area contributed by atoms with Gasteiger partial charge in [0.1, 0.15) is 29.2 Å². The summed E-state index contributed by atoms with van der Waals surface area (Å²) in [6, 6.07) is 7.40. The van der Waals surface area contributed by atoms with Gasteiger partial charge in [-0.2, -0.15) is 4.72 Å². The number of ether oxygens (including phenoxy) is 1. The smallest absolute Gasteiger partial charge is 0.324 e. The standard InChI is InChI=1S/C16H14ClF2NO4S/c1-10(20-25(22,23)15-8-3-2-6-14(15)19)16(21)24-9-11-12(17)5-4-7-13(11)18/h2-8,10,20H,9H2,1H3/t10-/m0/s1. The summed E-state index contributed by atoms with van der Waals surface area (Å²) >= 11 is 5.81. The summed E-state index contributed by atoms with van der Waals surface area (Å²) in [5.74, 6) is -2.56. The van der Waals surface area contributed by atoms with E-state index in [1.807, 2.05) is 4.72 Å². The van der Waals surface area contributed by atoms with E-state index in [9.17, 15) is 22.0 Å². The number of nitrogens with one attached hydrogen (secondary N) is 1. The molecule has 2 aromatic rings.